The third-order valence-corrected chi connectivity index (χ3v) is 3.88. The molecule has 2 aromatic carbocycles. The number of thiocarbonyl (C=S) groups is 1. The van der Waals surface area contributed by atoms with Crippen molar-refractivity contribution in [2.75, 3.05) is 19.8 Å². The first-order valence-electron chi connectivity index (χ1n) is 9.23. The SMILES string of the molecule is CCOc1cc(C=NNC(N)=S)ccc1OCCOc1cc(C)cc(CC)c1. The molecular formula is C21H27N3O3S. The smallest absolute Gasteiger partial charge is 0.184 e. The minimum absolute atomic E-state index is 0.112. The molecule has 0 amide bonds. The Labute approximate surface area is 171 Å². The normalized spacial score (nSPS) is 10.7. The van der Waals surface area contributed by atoms with Crippen LogP contribution in [0.2, 0.25) is 0 Å². The molecule has 0 heterocycles. The van der Waals surface area contributed by atoms with Gasteiger partial charge in [-0.15, -0.1) is 0 Å². The zero-order valence-electron chi connectivity index (χ0n) is 16.5. The molecular weight excluding hydrogens is 374 g/mol. The summed E-state index contributed by atoms with van der Waals surface area (Å²) >= 11 is 4.71. The summed E-state index contributed by atoms with van der Waals surface area (Å²) in [7, 11) is 0. The van der Waals surface area contributed by atoms with Gasteiger partial charge in [-0.1, -0.05) is 13.0 Å². The van der Waals surface area contributed by atoms with Gasteiger partial charge in [-0.25, -0.2) is 0 Å². The second kappa shape index (κ2) is 11.1. The van der Waals surface area contributed by atoms with Gasteiger partial charge in [0.25, 0.3) is 0 Å². The fourth-order valence-electron chi connectivity index (χ4n) is 2.59. The maximum Gasteiger partial charge on any atom is 0.184 e. The van der Waals surface area contributed by atoms with Crippen molar-refractivity contribution >= 4 is 23.5 Å². The lowest BCUT2D eigenvalue weighted by atomic mass is 10.1. The number of nitrogens with one attached hydrogen (secondary N) is 1. The van der Waals surface area contributed by atoms with Crippen molar-refractivity contribution in [3.8, 4) is 17.2 Å². The summed E-state index contributed by atoms with van der Waals surface area (Å²) < 4.78 is 17.3. The zero-order chi connectivity index (χ0) is 20.4. The van der Waals surface area contributed by atoms with E-state index >= 15 is 0 Å². The van der Waals surface area contributed by atoms with Crippen LogP contribution >= 0.6 is 12.2 Å². The third kappa shape index (κ3) is 7.08. The number of aryl methyl sites for hydroxylation is 2. The highest BCUT2D eigenvalue weighted by Gasteiger charge is 2.06. The minimum atomic E-state index is 0.112. The number of nitrogens with zero attached hydrogens (tertiary/aromatic N) is 1. The zero-order valence-corrected chi connectivity index (χ0v) is 17.3. The van der Waals surface area contributed by atoms with E-state index in [0.29, 0.717) is 31.3 Å². The number of hydrazone groups is 1. The fraction of sp³-hybridized carbons (Fsp3) is 0.333. The molecule has 0 bridgehead atoms. The lowest BCUT2D eigenvalue weighted by Crippen LogP contribution is -2.23. The fourth-order valence-corrected chi connectivity index (χ4v) is 2.64. The van der Waals surface area contributed by atoms with Crippen LogP contribution in [-0.2, 0) is 6.42 Å². The first kappa shape index (κ1) is 21.5. The first-order chi connectivity index (χ1) is 13.5. The largest absolute Gasteiger partial charge is 0.490 e. The summed E-state index contributed by atoms with van der Waals surface area (Å²) in [5.41, 5.74) is 11.1. The lowest BCUT2D eigenvalue weighted by molar-refractivity contribution is 0.208. The molecule has 0 saturated carbocycles. The highest BCUT2D eigenvalue weighted by atomic mass is 32.1. The molecule has 2 rings (SSSR count). The van der Waals surface area contributed by atoms with Gasteiger partial charge < -0.3 is 19.9 Å². The van der Waals surface area contributed by atoms with Crippen molar-refractivity contribution < 1.29 is 14.2 Å². The van der Waals surface area contributed by atoms with Crippen molar-refractivity contribution in [1.82, 2.24) is 5.43 Å². The second-order valence-corrected chi connectivity index (χ2v) is 6.52. The second-order valence-electron chi connectivity index (χ2n) is 6.08. The van der Waals surface area contributed by atoms with Crippen LogP contribution in [0.25, 0.3) is 0 Å². The topological polar surface area (TPSA) is 78.1 Å². The quantitative estimate of drug-likeness (QED) is 0.274. The summed E-state index contributed by atoms with van der Waals surface area (Å²) in [4.78, 5) is 0. The summed E-state index contributed by atoms with van der Waals surface area (Å²) in [5, 5.41) is 4.06. The van der Waals surface area contributed by atoms with Crippen molar-refractivity contribution in [2.24, 2.45) is 10.8 Å². The van der Waals surface area contributed by atoms with E-state index in [1.54, 1.807) is 6.21 Å². The minimum Gasteiger partial charge on any atom is -0.490 e. The molecule has 0 aliphatic heterocycles. The van der Waals surface area contributed by atoms with Crippen LogP contribution in [0.3, 0.4) is 0 Å². The van der Waals surface area contributed by atoms with Crippen LogP contribution in [0.15, 0.2) is 41.5 Å². The van der Waals surface area contributed by atoms with Crippen LogP contribution in [0.4, 0.5) is 0 Å². The Balaban J connectivity index is 1.94. The molecule has 0 aromatic heterocycles. The summed E-state index contributed by atoms with van der Waals surface area (Å²) in [6.07, 6.45) is 2.59. The van der Waals surface area contributed by atoms with Gasteiger partial charge in [0.2, 0.25) is 0 Å². The van der Waals surface area contributed by atoms with E-state index < -0.39 is 0 Å². The molecule has 0 radical (unpaired) electrons. The predicted molar refractivity (Wildman–Crippen MR) is 117 cm³/mol. The lowest BCUT2D eigenvalue weighted by Gasteiger charge is -2.13. The first-order valence-corrected chi connectivity index (χ1v) is 9.64. The molecule has 0 fully saturated rings. The molecule has 150 valence electrons. The highest BCUT2D eigenvalue weighted by Crippen LogP contribution is 2.28. The molecule has 0 atom stereocenters. The van der Waals surface area contributed by atoms with E-state index in [1.807, 2.05) is 31.2 Å². The van der Waals surface area contributed by atoms with Gasteiger partial charge in [-0.2, -0.15) is 5.10 Å². The van der Waals surface area contributed by atoms with E-state index in [-0.39, 0.29) is 5.11 Å². The number of rotatable bonds is 10. The molecule has 3 N–H and O–H groups in total. The average molecular weight is 402 g/mol. The maximum absolute atomic E-state index is 5.85. The molecule has 0 aliphatic rings. The predicted octanol–water partition coefficient (Wildman–Crippen LogP) is 3.58. The van der Waals surface area contributed by atoms with E-state index in [1.165, 1.54) is 11.1 Å². The van der Waals surface area contributed by atoms with E-state index in [4.69, 9.17) is 32.2 Å². The summed E-state index contributed by atoms with van der Waals surface area (Å²) in [6.45, 7) is 7.50. The Morgan fingerprint density at radius 1 is 1.07 bits per heavy atom. The molecule has 7 heteroatoms. The molecule has 28 heavy (non-hydrogen) atoms. The van der Waals surface area contributed by atoms with Crippen molar-refractivity contribution in [3.63, 3.8) is 0 Å². The third-order valence-electron chi connectivity index (χ3n) is 3.78. The van der Waals surface area contributed by atoms with Crippen molar-refractivity contribution in [1.29, 1.82) is 0 Å². The molecule has 6 nitrogen and oxygen atoms in total. The Morgan fingerprint density at radius 3 is 2.57 bits per heavy atom. The number of ether oxygens (including phenoxy) is 3. The molecule has 0 unspecified atom stereocenters. The molecule has 0 spiro atoms. The number of hydrogen-bond donors (Lipinski definition) is 2. The maximum atomic E-state index is 5.85. The Hall–Kier alpha value is -2.80. The standard InChI is InChI=1S/C21H27N3O3S/c1-4-16-10-15(3)11-18(12-16)26-8-9-27-19-7-6-17(13-20(19)25-5-2)14-23-24-21(22)28/h6-7,10-14H,4-5,8-9H2,1-3H3,(H3,22,24,28). The average Bonchev–Trinajstić information content (AvgIpc) is 2.66. The van der Waals surface area contributed by atoms with Crippen molar-refractivity contribution in [2.45, 2.75) is 27.2 Å². The summed E-state index contributed by atoms with van der Waals surface area (Å²) in [5.74, 6) is 2.16. The van der Waals surface area contributed by atoms with Crippen LogP contribution in [0.5, 0.6) is 17.2 Å². The molecule has 0 aliphatic carbocycles. The Bertz CT molecular complexity index is 825. The van der Waals surface area contributed by atoms with E-state index in [9.17, 15) is 0 Å². The van der Waals surface area contributed by atoms with Crippen LogP contribution in [0.1, 0.15) is 30.5 Å². The van der Waals surface area contributed by atoms with Gasteiger partial charge in [-0.05, 0) is 79.5 Å². The highest BCUT2D eigenvalue weighted by molar-refractivity contribution is 7.80. The number of nitrogens with two attached hydrogens (primary N) is 1. The van der Waals surface area contributed by atoms with Crippen molar-refractivity contribution in [3.05, 3.63) is 53.1 Å². The Morgan fingerprint density at radius 2 is 1.86 bits per heavy atom. The monoisotopic (exact) mass is 401 g/mol. The van der Waals surface area contributed by atoms with Gasteiger partial charge in [0.15, 0.2) is 16.6 Å². The van der Waals surface area contributed by atoms with Crippen LogP contribution in [0, 0.1) is 6.92 Å². The van der Waals surface area contributed by atoms with E-state index in [2.05, 4.69) is 36.5 Å². The van der Waals surface area contributed by atoms with Crippen LogP contribution < -0.4 is 25.4 Å². The van der Waals surface area contributed by atoms with Gasteiger partial charge in [0.05, 0.1) is 12.8 Å². The van der Waals surface area contributed by atoms with Gasteiger partial charge in [0.1, 0.15) is 19.0 Å². The van der Waals surface area contributed by atoms with E-state index in [0.717, 1.165) is 17.7 Å². The molecule has 2 aromatic rings. The van der Waals surface area contributed by atoms with Gasteiger partial charge in [0, 0.05) is 0 Å². The number of benzene rings is 2. The Kier molecular flexibility index (Phi) is 8.55. The van der Waals surface area contributed by atoms with Crippen LogP contribution in [-0.4, -0.2) is 31.1 Å². The van der Waals surface area contributed by atoms with Gasteiger partial charge >= 0.3 is 0 Å². The molecule has 0 saturated heterocycles. The number of hydrogen-bond acceptors (Lipinski definition) is 5. The van der Waals surface area contributed by atoms with Gasteiger partial charge in [-0.3, -0.25) is 5.43 Å². The summed E-state index contributed by atoms with van der Waals surface area (Å²) in [6, 6.07) is 11.8.